The standard InChI is InChI=1S/C25H17FN6/c1-14-10-21-17(11-16(14)23-13-27-8-9-28-23)25(32-31-21)22-12-18-20(30-22)6-7-29-24(18)15-4-2-3-5-19(15)26/h2-13,30H,1H3,(H,31,32). The predicted octanol–water partition coefficient (Wildman–Crippen LogP) is 5.68. The summed E-state index contributed by atoms with van der Waals surface area (Å²) in [5, 5.41) is 9.49. The largest absolute Gasteiger partial charge is 0.353 e. The molecular weight excluding hydrogens is 403 g/mol. The van der Waals surface area contributed by atoms with E-state index in [0.717, 1.165) is 50.0 Å². The average Bonchev–Trinajstić information content (AvgIpc) is 3.43. The van der Waals surface area contributed by atoms with Crippen molar-refractivity contribution in [3.05, 3.63) is 84.7 Å². The van der Waals surface area contributed by atoms with E-state index >= 15 is 0 Å². The average molecular weight is 420 g/mol. The SMILES string of the molecule is Cc1cc2[nH]nc(-c3cc4c(-c5ccccc5F)nccc4[nH]3)c2cc1-c1cnccn1. The second-order valence-corrected chi connectivity index (χ2v) is 7.66. The summed E-state index contributed by atoms with van der Waals surface area (Å²) < 4.78 is 14.5. The monoisotopic (exact) mass is 420 g/mol. The lowest BCUT2D eigenvalue weighted by Crippen LogP contribution is -1.88. The van der Waals surface area contributed by atoms with Crippen LogP contribution in [0.5, 0.6) is 0 Å². The Kier molecular flexibility index (Phi) is 4.07. The van der Waals surface area contributed by atoms with Gasteiger partial charge in [0.1, 0.15) is 11.5 Å². The first-order valence-electron chi connectivity index (χ1n) is 10.2. The number of hydrogen-bond donors (Lipinski definition) is 2. The van der Waals surface area contributed by atoms with E-state index < -0.39 is 0 Å². The Labute approximate surface area is 182 Å². The van der Waals surface area contributed by atoms with Crippen LogP contribution in [0, 0.1) is 12.7 Å². The third-order valence-electron chi connectivity index (χ3n) is 5.68. The molecule has 0 amide bonds. The van der Waals surface area contributed by atoms with Gasteiger partial charge in [-0.1, -0.05) is 12.1 Å². The molecular formula is C25H17FN6. The Hall–Kier alpha value is -4.39. The molecule has 0 aliphatic rings. The molecule has 0 aliphatic heterocycles. The van der Waals surface area contributed by atoms with Crippen molar-refractivity contribution in [2.45, 2.75) is 6.92 Å². The fourth-order valence-electron chi connectivity index (χ4n) is 4.14. The van der Waals surface area contributed by atoms with E-state index in [9.17, 15) is 4.39 Å². The Bertz CT molecular complexity index is 1600. The van der Waals surface area contributed by atoms with Crippen molar-refractivity contribution in [3.8, 4) is 33.9 Å². The number of aromatic nitrogens is 6. The lowest BCUT2D eigenvalue weighted by atomic mass is 10.0. The molecule has 2 N–H and O–H groups in total. The number of H-pyrrole nitrogens is 2. The van der Waals surface area contributed by atoms with Gasteiger partial charge in [-0.05, 0) is 48.9 Å². The highest BCUT2D eigenvalue weighted by Gasteiger charge is 2.17. The van der Waals surface area contributed by atoms with Crippen LogP contribution >= 0.6 is 0 Å². The first-order chi connectivity index (χ1) is 15.7. The lowest BCUT2D eigenvalue weighted by molar-refractivity contribution is 0.631. The van der Waals surface area contributed by atoms with Gasteiger partial charge in [0.15, 0.2) is 0 Å². The number of halogens is 1. The molecule has 0 saturated carbocycles. The molecule has 0 radical (unpaired) electrons. The molecule has 0 bridgehead atoms. The van der Waals surface area contributed by atoms with Crippen LogP contribution in [-0.4, -0.2) is 30.1 Å². The molecule has 2 aromatic carbocycles. The van der Waals surface area contributed by atoms with Crippen molar-refractivity contribution < 1.29 is 4.39 Å². The van der Waals surface area contributed by atoms with Crippen LogP contribution in [0.4, 0.5) is 4.39 Å². The molecule has 154 valence electrons. The smallest absolute Gasteiger partial charge is 0.132 e. The molecule has 0 saturated heterocycles. The quantitative estimate of drug-likeness (QED) is 0.386. The highest BCUT2D eigenvalue weighted by atomic mass is 19.1. The zero-order valence-electron chi connectivity index (χ0n) is 17.1. The number of rotatable bonds is 3. The maximum Gasteiger partial charge on any atom is 0.132 e. The first-order valence-corrected chi connectivity index (χ1v) is 10.2. The second kappa shape index (κ2) is 7.09. The van der Waals surface area contributed by atoms with Gasteiger partial charge in [0, 0.05) is 46.0 Å². The van der Waals surface area contributed by atoms with Crippen molar-refractivity contribution in [1.29, 1.82) is 0 Å². The van der Waals surface area contributed by atoms with Crippen molar-refractivity contribution in [2.75, 3.05) is 0 Å². The molecule has 0 aliphatic carbocycles. The second-order valence-electron chi connectivity index (χ2n) is 7.66. The Balaban J connectivity index is 1.55. The van der Waals surface area contributed by atoms with Gasteiger partial charge in [-0.25, -0.2) is 4.39 Å². The minimum absolute atomic E-state index is 0.301. The van der Waals surface area contributed by atoms with Crippen LogP contribution in [0.1, 0.15) is 5.56 Å². The van der Waals surface area contributed by atoms with Crippen LogP contribution in [-0.2, 0) is 0 Å². The van der Waals surface area contributed by atoms with E-state index in [1.807, 2.05) is 25.1 Å². The van der Waals surface area contributed by atoms with Gasteiger partial charge < -0.3 is 4.98 Å². The van der Waals surface area contributed by atoms with Crippen LogP contribution in [0.2, 0.25) is 0 Å². The maximum atomic E-state index is 14.5. The molecule has 0 spiro atoms. The van der Waals surface area contributed by atoms with Gasteiger partial charge in [-0.15, -0.1) is 0 Å². The fourth-order valence-corrected chi connectivity index (χ4v) is 4.14. The van der Waals surface area contributed by atoms with Crippen molar-refractivity contribution in [1.82, 2.24) is 30.1 Å². The summed E-state index contributed by atoms with van der Waals surface area (Å²) in [5.41, 5.74) is 7.35. The normalized spacial score (nSPS) is 11.4. The lowest BCUT2D eigenvalue weighted by Gasteiger charge is -2.05. The van der Waals surface area contributed by atoms with Gasteiger partial charge in [-0.2, -0.15) is 5.10 Å². The van der Waals surface area contributed by atoms with E-state index in [2.05, 4.69) is 42.3 Å². The summed E-state index contributed by atoms with van der Waals surface area (Å²) in [7, 11) is 0. The zero-order valence-corrected chi connectivity index (χ0v) is 17.1. The Morgan fingerprint density at radius 3 is 2.53 bits per heavy atom. The minimum Gasteiger partial charge on any atom is -0.353 e. The Morgan fingerprint density at radius 1 is 0.812 bits per heavy atom. The van der Waals surface area contributed by atoms with Crippen molar-refractivity contribution >= 4 is 21.8 Å². The highest BCUT2D eigenvalue weighted by molar-refractivity contribution is 6.01. The van der Waals surface area contributed by atoms with E-state index in [-0.39, 0.29) is 5.82 Å². The third kappa shape index (κ3) is 2.86. The van der Waals surface area contributed by atoms with E-state index in [1.165, 1.54) is 6.07 Å². The number of fused-ring (bicyclic) bond motifs is 2. The molecule has 0 atom stereocenters. The number of aromatic amines is 2. The Morgan fingerprint density at radius 2 is 1.69 bits per heavy atom. The van der Waals surface area contributed by atoms with Crippen LogP contribution < -0.4 is 0 Å². The summed E-state index contributed by atoms with van der Waals surface area (Å²) in [6, 6.07) is 14.7. The van der Waals surface area contributed by atoms with Crippen molar-refractivity contribution in [2.24, 2.45) is 0 Å². The fraction of sp³-hybridized carbons (Fsp3) is 0.0400. The van der Waals surface area contributed by atoms with Gasteiger partial charge in [0.2, 0.25) is 0 Å². The van der Waals surface area contributed by atoms with Crippen LogP contribution in [0.25, 0.3) is 55.7 Å². The molecule has 6 nitrogen and oxygen atoms in total. The molecule has 6 rings (SSSR count). The van der Waals surface area contributed by atoms with E-state index in [4.69, 9.17) is 0 Å². The molecule has 0 fully saturated rings. The first kappa shape index (κ1) is 18.4. The topological polar surface area (TPSA) is 83.1 Å². The number of hydrogen-bond acceptors (Lipinski definition) is 4. The predicted molar refractivity (Wildman–Crippen MR) is 122 cm³/mol. The summed E-state index contributed by atoms with van der Waals surface area (Å²) in [6.45, 7) is 2.04. The zero-order chi connectivity index (χ0) is 21.7. The van der Waals surface area contributed by atoms with Crippen LogP contribution in [0.15, 0.2) is 73.3 Å². The van der Waals surface area contributed by atoms with Gasteiger partial charge in [0.05, 0.1) is 28.8 Å². The molecule has 7 heteroatoms. The summed E-state index contributed by atoms with van der Waals surface area (Å²) in [6.07, 6.45) is 6.78. The van der Waals surface area contributed by atoms with E-state index in [1.54, 1.807) is 36.9 Å². The summed E-state index contributed by atoms with van der Waals surface area (Å²) in [4.78, 5) is 16.5. The van der Waals surface area contributed by atoms with Gasteiger partial charge >= 0.3 is 0 Å². The molecule has 0 unspecified atom stereocenters. The molecule has 6 aromatic rings. The number of aryl methyl sites for hydroxylation is 1. The number of nitrogens with zero attached hydrogens (tertiary/aromatic N) is 4. The highest BCUT2D eigenvalue weighted by Crippen LogP contribution is 2.35. The van der Waals surface area contributed by atoms with Gasteiger partial charge in [0.25, 0.3) is 0 Å². The van der Waals surface area contributed by atoms with Crippen molar-refractivity contribution in [3.63, 3.8) is 0 Å². The van der Waals surface area contributed by atoms with Crippen LogP contribution in [0.3, 0.4) is 0 Å². The molecule has 4 aromatic heterocycles. The van der Waals surface area contributed by atoms with E-state index in [0.29, 0.717) is 11.3 Å². The number of pyridine rings is 1. The molecule has 32 heavy (non-hydrogen) atoms. The summed E-state index contributed by atoms with van der Waals surface area (Å²) in [5.74, 6) is -0.301. The minimum atomic E-state index is -0.301. The number of benzene rings is 2. The number of nitrogens with one attached hydrogen (secondary N) is 2. The maximum absolute atomic E-state index is 14.5. The molecule has 4 heterocycles. The third-order valence-corrected chi connectivity index (χ3v) is 5.68. The summed E-state index contributed by atoms with van der Waals surface area (Å²) >= 11 is 0. The van der Waals surface area contributed by atoms with Gasteiger partial charge in [-0.3, -0.25) is 20.1 Å².